The highest BCUT2D eigenvalue weighted by Gasteiger charge is 2.12. The van der Waals surface area contributed by atoms with Crippen LogP contribution in [0.3, 0.4) is 0 Å². The number of rotatable bonds is 7. The first-order valence-electron chi connectivity index (χ1n) is 5.59. The van der Waals surface area contributed by atoms with Crippen LogP contribution in [-0.2, 0) is 10.5 Å². The van der Waals surface area contributed by atoms with Crippen LogP contribution >= 0.6 is 11.8 Å². The van der Waals surface area contributed by atoms with E-state index in [1.165, 1.54) is 11.8 Å². The first-order chi connectivity index (χ1) is 8.58. The summed E-state index contributed by atoms with van der Waals surface area (Å²) >= 11 is 1.44. The Kier molecular flexibility index (Phi) is 6.17. The summed E-state index contributed by atoms with van der Waals surface area (Å²) in [4.78, 5) is 11.5. The molecule has 0 unspecified atom stereocenters. The largest absolute Gasteiger partial charge is 0.394 e. The van der Waals surface area contributed by atoms with Gasteiger partial charge in [0.05, 0.1) is 30.7 Å². The monoisotopic (exact) mass is 274 g/mol. The third kappa shape index (κ3) is 4.32. The minimum absolute atomic E-state index is 0.208. The number of thioether (sulfide) groups is 1. The van der Waals surface area contributed by atoms with E-state index in [0.717, 1.165) is 17.0 Å². The van der Waals surface area contributed by atoms with E-state index in [9.17, 15) is 4.79 Å². The normalized spacial score (nSPS) is 10.9. The lowest BCUT2D eigenvalue weighted by atomic mass is 10.2. The van der Waals surface area contributed by atoms with Crippen LogP contribution in [0.4, 0.5) is 0 Å². The highest BCUT2D eigenvalue weighted by Crippen LogP contribution is 2.19. The van der Waals surface area contributed by atoms with E-state index in [2.05, 4.69) is 10.5 Å². The number of nitrogens with one attached hydrogen (secondary N) is 1. The number of aromatic nitrogens is 1. The molecule has 0 aliphatic carbocycles. The van der Waals surface area contributed by atoms with Gasteiger partial charge in [-0.25, -0.2) is 0 Å². The van der Waals surface area contributed by atoms with Crippen LogP contribution in [0.2, 0.25) is 0 Å². The second-order valence-corrected chi connectivity index (χ2v) is 4.91. The van der Waals surface area contributed by atoms with E-state index < -0.39 is 6.04 Å². The summed E-state index contributed by atoms with van der Waals surface area (Å²) in [6.45, 7) is 3.16. The lowest BCUT2D eigenvalue weighted by Crippen LogP contribution is -2.41. The quantitative estimate of drug-likeness (QED) is 0.647. The zero-order valence-corrected chi connectivity index (χ0v) is 11.3. The molecule has 0 atom stereocenters. The highest BCUT2D eigenvalue weighted by molar-refractivity contribution is 7.99. The second-order valence-electron chi connectivity index (χ2n) is 3.93. The van der Waals surface area contributed by atoms with Crippen LogP contribution in [0.25, 0.3) is 0 Å². The summed E-state index contributed by atoms with van der Waals surface area (Å²) < 4.78 is 5.02. The van der Waals surface area contributed by atoms with Crippen molar-refractivity contribution in [2.75, 3.05) is 19.0 Å². The van der Waals surface area contributed by atoms with Crippen molar-refractivity contribution in [1.29, 1.82) is 0 Å². The van der Waals surface area contributed by atoms with Crippen LogP contribution in [0.15, 0.2) is 4.52 Å². The maximum absolute atomic E-state index is 11.5. The molecule has 0 saturated heterocycles. The van der Waals surface area contributed by atoms with Gasteiger partial charge in [0.1, 0.15) is 5.76 Å². The van der Waals surface area contributed by atoms with E-state index in [1.807, 2.05) is 13.8 Å². The molecule has 1 rings (SSSR count). The van der Waals surface area contributed by atoms with E-state index >= 15 is 0 Å². The molecule has 7 heteroatoms. The Morgan fingerprint density at radius 2 is 2.11 bits per heavy atom. The summed E-state index contributed by atoms with van der Waals surface area (Å²) in [6, 6.07) is -0.586. The first kappa shape index (κ1) is 15.0. The fraction of sp³-hybridized carbons (Fsp3) is 0.636. The predicted molar refractivity (Wildman–Crippen MR) is 68.2 cm³/mol. The molecule has 3 N–H and O–H groups in total. The van der Waals surface area contributed by atoms with E-state index in [0.29, 0.717) is 5.75 Å². The summed E-state index contributed by atoms with van der Waals surface area (Å²) in [7, 11) is 0. The molecule has 0 spiro atoms. The van der Waals surface area contributed by atoms with Crippen LogP contribution in [0.5, 0.6) is 0 Å². The molecule has 18 heavy (non-hydrogen) atoms. The Labute approximate surface area is 110 Å². The van der Waals surface area contributed by atoms with Crippen molar-refractivity contribution in [3.05, 3.63) is 17.0 Å². The van der Waals surface area contributed by atoms with Crippen molar-refractivity contribution in [3.63, 3.8) is 0 Å². The minimum Gasteiger partial charge on any atom is -0.394 e. The van der Waals surface area contributed by atoms with Gasteiger partial charge < -0.3 is 20.1 Å². The Morgan fingerprint density at radius 1 is 1.44 bits per heavy atom. The van der Waals surface area contributed by atoms with Gasteiger partial charge in [0.25, 0.3) is 0 Å². The third-order valence-electron chi connectivity index (χ3n) is 2.47. The molecular weight excluding hydrogens is 256 g/mol. The van der Waals surface area contributed by atoms with Gasteiger partial charge in [0.2, 0.25) is 5.91 Å². The minimum atomic E-state index is -0.586. The van der Waals surface area contributed by atoms with Crippen molar-refractivity contribution in [2.45, 2.75) is 25.6 Å². The second kappa shape index (κ2) is 7.40. The molecule has 1 heterocycles. The van der Waals surface area contributed by atoms with Gasteiger partial charge >= 0.3 is 0 Å². The van der Waals surface area contributed by atoms with E-state index in [4.69, 9.17) is 14.7 Å². The zero-order chi connectivity index (χ0) is 13.5. The van der Waals surface area contributed by atoms with Gasteiger partial charge in [0.15, 0.2) is 0 Å². The van der Waals surface area contributed by atoms with Crippen molar-refractivity contribution < 1.29 is 19.5 Å². The molecule has 1 aromatic heterocycles. The molecule has 0 fully saturated rings. The number of carbonyl (C=O) groups excluding carboxylic acids is 1. The lowest BCUT2D eigenvalue weighted by molar-refractivity contribution is -0.119. The van der Waals surface area contributed by atoms with Crippen LogP contribution in [0, 0.1) is 13.8 Å². The van der Waals surface area contributed by atoms with E-state index in [1.54, 1.807) is 0 Å². The van der Waals surface area contributed by atoms with Crippen molar-refractivity contribution in [2.24, 2.45) is 0 Å². The highest BCUT2D eigenvalue weighted by atomic mass is 32.2. The average Bonchev–Trinajstić information content (AvgIpc) is 2.67. The Hall–Kier alpha value is -1.05. The third-order valence-corrected chi connectivity index (χ3v) is 3.43. The predicted octanol–water partition coefficient (Wildman–Crippen LogP) is -0.00596. The van der Waals surface area contributed by atoms with Gasteiger partial charge in [-0.2, -0.15) is 0 Å². The molecule has 0 saturated carbocycles. The van der Waals surface area contributed by atoms with Gasteiger partial charge in [-0.1, -0.05) is 5.16 Å². The van der Waals surface area contributed by atoms with Gasteiger partial charge in [-0.15, -0.1) is 11.8 Å². The molecule has 0 aliphatic heterocycles. The van der Waals surface area contributed by atoms with Crippen LogP contribution in [-0.4, -0.2) is 46.3 Å². The number of hydrogen-bond donors (Lipinski definition) is 3. The van der Waals surface area contributed by atoms with Crippen LogP contribution < -0.4 is 5.32 Å². The molecule has 0 aliphatic rings. The molecule has 0 bridgehead atoms. The first-order valence-corrected chi connectivity index (χ1v) is 6.74. The summed E-state index contributed by atoms with van der Waals surface area (Å²) in [5.74, 6) is 1.47. The topological polar surface area (TPSA) is 95.6 Å². The maximum atomic E-state index is 11.5. The van der Waals surface area contributed by atoms with Crippen molar-refractivity contribution >= 4 is 17.7 Å². The number of nitrogens with zero attached hydrogens (tertiary/aromatic N) is 1. The summed E-state index contributed by atoms with van der Waals surface area (Å²) in [6.07, 6.45) is 0. The SMILES string of the molecule is Cc1noc(C)c1CSCC(=O)NC(CO)CO. The Balaban J connectivity index is 2.32. The number of amides is 1. The molecule has 6 nitrogen and oxygen atoms in total. The van der Waals surface area contributed by atoms with E-state index in [-0.39, 0.29) is 24.9 Å². The number of carbonyl (C=O) groups is 1. The fourth-order valence-electron chi connectivity index (χ4n) is 1.37. The van der Waals surface area contributed by atoms with Gasteiger partial charge in [0, 0.05) is 11.3 Å². The fourth-order valence-corrected chi connectivity index (χ4v) is 2.36. The maximum Gasteiger partial charge on any atom is 0.230 e. The Morgan fingerprint density at radius 3 is 2.61 bits per heavy atom. The van der Waals surface area contributed by atoms with Gasteiger partial charge in [-0.3, -0.25) is 4.79 Å². The molecule has 1 aromatic rings. The number of aliphatic hydroxyl groups excluding tert-OH is 2. The number of aliphatic hydroxyl groups is 2. The zero-order valence-electron chi connectivity index (χ0n) is 10.5. The molecule has 0 aromatic carbocycles. The van der Waals surface area contributed by atoms with Crippen molar-refractivity contribution in [3.8, 4) is 0 Å². The Bertz CT molecular complexity index is 371. The molecule has 102 valence electrons. The molecule has 0 radical (unpaired) electrons. The number of hydrogen-bond acceptors (Lipinski definition) is 6. The lowest BCUT2D eigenvalue weighted by Gasteiger charge is -2.12. The average molecular weight is 274 g/mol. The molecular formula is C11H18N2O4S. The summed E-state index contributed by atoms with van der Waals surface area (Å²) in [5, 5.41) is 24.0. The standard InChI is InChI=1S/C11H18N2O4S/c1-7-10(8(2)17-13-7)5-18-6-11(16)12-9(3-14)4-15/h9,14-15H,3-6H2,1-2H3,(H,12,16). The van der Waals surface area contributed by atoms with Crippen molar-refractivity contribution in [1.82, 2.24) is 10.5 Å². The summed E-state index contributed by atoms with van der Waals surface area (Å²) in [5.41, 5.74) is 1.85. The molecule has 1 amide bonds. The van der Waals surface area contributed by atoms with Gasteiger partial charge in [-0.05, 0) is 13.8 Å². The smallest absolute Gasteiger partial charge is 0.230 e. The van der Waals surface area contributed by atoms with Crippen LogP contribution in [0.1, 0.15) is 17.0 Å². The number of aryl methyl sites for hydroxylation is 2.